The van der Waals surface area contributed by atoms with Gasteiger partial charge in [-0.3, -0.25) is 9.11 Å². The smallest absolute Gasteiger partial charge is 0.114 e. The van der Waals surface area contributed by atoms with E-state index in [1.165, 1.54) is 39.5 Å². The first kappa shape index (κ1) is 25.0. The molecule has 4 aromatic rings. The van der Waals surface area contributed by atoms with E-state index in [2.05, 4.69) is 96.1 Å². The summed E-state index contributed by atoms with van der Waals surface area (Å²) in [5.41, 5.74) is 7.57. The van der Waals surface area contributed by atoms with Crippen LogP contribution >= 0.6 is 42.3 Å². The SMILES string of the molecule is CC(C)(C)SN.Cc1cc(C)c2c(ccn2SI)c1C(C)c1nc2ccc(C#N)cc2[nH]1. The molecule has 0 saturated carbocycles. The van der Waals surface area contributed by atoms with E-state index < -0.39 is 0 Å². The van der Waals surface area contributed by atoms with Crippen molar-refractivity contribution in [1.82, 2.24) is 13.9 Å². The lowest BCUT2D eigenvalue weighted by Crippen LogP contribution is -2.09. The van der Waals surface area contributed by atoms with Crippen molar-refractivity contribution < 1.29 is 0 Å². The molecule has 0 bridgehead atoms. The number of hydrogen-bond donors (Lipinski definition) is 2. The first-order chi connectivity index (χ1) is 15.1. The second-order valence-corrected chi connectivity index (χ2v) is 12.0. The molecule has 2 heterocycles. The molecule has 0 saturated heterocycles. The van der Waals surface area contributed by atoms with Crippen molar-refractivity contribution in [3.63, 3.8) is 0 Å². The fourth-order valence-corrected chi connectivity index (χ4v) is 5.18. The van der Waals surface area contributed by atoms with Gasteiger partial charge in [-0.25, -0.2) is 4.98 Å². The highest BCUT2D eigenvalue weighted by Crippen LogP contribution is 2.37. The van der Waals surface area contributed by atoms with Gasteiger partial charge in [-0.2, -0.15) is 5.26 Å². The molecule has 0 aliphatic carbocycles. The Labute approximate surface area is 210 Å². The second-order valence-electron chi connectivity index (χ2n) is 8.81. The van der Waals surface area contributed by atoms with Crippen LogP contribution < -0.4 is 5.14 Å². The highest BCUT2D eigenvalue weighted by Gasteiger charge is 2.20. The first-order valence-corrected chi connectivity index (χ1v) is 14.5. The number of aromatic nitrogens is 3. The lowest BCUT2D eigenvalue weighted by Gasteiger charge is -2.16. The number of nitriles is 1. The van der Waals surface area contributed by atoms with E-state index in [0.717, 1.165) is 16.9 Å². The monoisotopic (exact) mass is 577 g/mol. The largest absolute Gasteiger partial charge is 0.341 e. The maximum Gasteiger partial charge on any atom is 0.114 e. The Kier molecular flexibility index (Phi) is 7.86. The Hall–Kier alpha value is -1.67. The van der Waals surface area contributed by atoms with Gasteiger partial charge in [-0.1, -0.05) is 24.9 Å². The van der Waals surface area contributed by atoms with Gasteiger partial charge in [0.15, 0.2) is 0 Å². The van der Waals surface area contributed by atoms with Gasteiger partial charge in [0.25, 0.3) is 0 Å². The molecule has 0 spiro atoms. The minimum Gasteiger partial charge on any atom is -0.341 e. The Morgan fingerprint density at radius 2 is 1.88 bits per heavy atom. The molecule has 0 fully saturated rings. The molecule has 0 aliphatic rings. The predicted octanol–water partition coefficient (Wildman–Crippen LogP) is 7.40. The zero-order valence-electron chi connectivity index (χ0n) is 19.2. The highest BCUT2D eigenvalue weighted by atomic mass is 127. The zero-order valence-corrected chi connectivity index (χ0v) is 22.9. The number of nitrogens with zero attached hydrogens (tertiary/aromatic N) is 3. The van der Waals surface area contributed by atoms with Gasteiger partial charge in [-0.15, -0.1) is 0 Å². The third-order valence-corrected chi connectivity index (χ3v) is 7.71. The van der Waals surface area contributed by atoms with Crippen LogP contribution in [0, 0.1) is 25.2 Å². The van der Waals surface area contributed by atoms with Crippen LogP contribution in [0.5, 0.6) is 0 Å². The number of fused-ring (bicyclic) bond motifs is 2. The fraction of sp³-hybridized carbons (Fsp3) is 0.333. The fourth-order valence-electron chi connectivity index (χ4n) is 3.77. The van der Waals surface area contributed by atoms with Crippen molar-refractivity contribution in [2.45, 2.75) is 52.2 Å². The molecule has 0 amide bonds. The molecule has 1 atom stereocenters. The van der Waals surface area contributed by atoms with Crippen LogP contribution in [0.25, 0.3) is 21.9 Å². The zero-order chi connectivity index (χ0) is 23.6. The summed E-state index contributed by atoms with van der Waals surface area (Å²) in [5.74, 6) is 1.06. The topological polar surface area (TPSA) is 83.4 Å². The van der Waals surface area contributed by atoms with Gasteiger partial charge in [0.1, 0.15) is 5.82 Å². The van der Waals surface area contributed by atoms with E-state index in [0.29, 0.717) is 5.56 Å². The highest BCUT2D eigenvalue weighted by molar-refractivity contribution is 14.2. The molecule has 5 nitrogen and oxygen atoms in total. The Balaban J connectivity index is 0.000000427. The maximum absolute atomic E-state index is 9.11. The van der Waals surface area contributed by atoms with E-state index in [1.54, 1.807) is 9.12 Å². The van der Waals surface area contributed by atoms with Crippen molar-refractivity contribution in [3.05, 3.63) is 64.6 Å². The van der Waals surface area contributed by atoms with E-state index in [9.17, 15) is 0 Å². The van der Waals surface area contributed by atoms with Crippen molar-refractivity contribution in [2.24, 2.45) is 5.14 Å². The minimum absolute atomic E-state index is 0.131. The van der Waals surface area contributed by atoms with Gasteiger partial charge in [0.05, 0.1) is 28.2 Å². The number of aryl methyl sites for hydroxylation is 2. The van der Waals surface area contributed by atoms with Crippen LogP contribution in [0.1, 0.15) is 61.7 Å². The number of imidazole rings is 1. The summed E-state index contributed by atoms with van der Waals surface area (Å²) < 4.78 is 2.44. The van der Waals surface area contributed by atoms with Crippen molar-refractivity contribution in [3.8, 4) is 6.07 Å². The summed E-state index contributed by atoms with van der Waals surface area (Å²) in [6, 6.07) is 12.2. The maximum atomic E-state index is 9.11. The summed E-state index contributed by atoms with van der Waals surface area (Å²) >= 11 is 3.70. The molecule has 32 heavy (non-hydrogen) atoms. The number of nitrogens with one attached hydrogen (secondary N) is 1. The number of hydrogen-bond acceptors (Lipinski definition) is 5. The molecule has 1 unspecified atom stereocenters. The summed E-state index contributed by atoms with van der Waals surface area (Å²) in [4.78, 5) is 8.20. The molecular formula is C24H28IN5S2. The average Bonchev–Trinajstić information content (AvgIpc) is 3.37. The van der Waals surface area contributed by atoms with Crippen molar-refractivity contribution in [2.75, 3.05) is 0 Å². The summed E-state index contributed by atoms with van der Waals surface area (Å²) in [7, 11) is 1.68. The van der Waals surface area contributed by atoms with Crippen LogP contribution in [-0.2, 0) is 0 Å². The molecule has 0 aliphatic heterocycles. The third kappa shape index (κ3) is 5.28. The molecule has 8 heteroatoms. The lowest BCUT2D eigenvalue weighted by molar-refractivity contribution is 0.804. The molecular weight excluding hydrogens is 549 g/mol. The van der Waals surface area contributed by atoms with Crippen LogP contribution in [-0.4, -0.2) is 18.7 Å². The first-order valence-electron chi connectivity index (χ1n) is 10.3. The van der Waals surface area contributed by atoms with E-state index in [4.69, 9.17) is 15.4 Å². The third-order valence-electron chi connectivity index (χ3n) is 5.27. The van der Waals surface area contributed by atoms with Crippen molar-refractivity contribution >= 4 is 64.2 Å². The molecule has 168 valence electrons. The van der Waals surface area contributed by atoms with Gasteiger partial charge in [0, 0.05) is 52.6 Å². The summed E-state index contributed by atoms with van der Waals surface area (Å²) in [6.45, 7) is 12.8. The average molecular weight is 578 g/mol. The van der Waals surface area contributed by atoms with E-state index >= 15 is 0 Å². The van der Waals surface area contributed by atoms with E-state index in [1.807, 2.05) is 18.2 Å². The second kappa shape index (κ2) is 10.1. The number of aromatic amines is 1. The van der Waals surface area contributed by atoms with Gasteiger partial charge in [-0.05, 0) is 75.6 Å². The molecule has 2 aromatic carbocycles. The standard InChI is InChI=1S/C20H17IN4S.C4H11NS/c1-11-8-12(2)19-15(6-7-25(19)26-21)18(11)13(3)20-23-16-5-4-14(10-22)9-17(16)24-20;1-4(2,3)6-5/h4-9,13H,1-3H3,(H,23,24);5H2,1-3H3. The Bertz CT molecular complexity index is 1290. The molecule has 2 aromatic heterocycles. The molecule has 0 radical (unpaired) electrons. The Morgan fingerprint density at radius 3 is 2.47 bits per heavy atom. The predicted molar refractivity (Wildman–Crippen MR) is 148 cm³/mol. The quantitative estimate of drug-likeness (QED) is 0.196. The number of nitrogens with two attached hydrogens (primary N) is 1. The number of benzene rings is 2. The normalized spacial score (nSPS) is 12.5. The molecule has 4 rings (SSSR count). The van der Waals surface area contributed by atoms with Gasteiger partial charge < -0.3 is 4.98 Å². The van der Waals surface area contributed by atoms with Crippen LogP contribution in [0.2, 0.25) is 0 Å². The lowest BCUT2D eigenvalue weighted by atomic mass is 9.91. The van der Waals surface area contributed by atoms with Crippen LogP contribution in [0.3, 0.4) is 0 Å². The summed E-state index contributed by atoms with van der Waals surface area (Å²) in [6.07, 6.45) is 2.13. The van der Waals surface area contributed by atoms with Crippen LogP contribution in [0.15, 0.2) is 36.5 Å². The van der Waals surface area contributed by atoms with Crippen LogP contribution in [0.4, 0.5) is 0 Å². The number of halogens is 1. The Morgan fingerprint density at radius 1 is 1.19 bits per heavy atom. The molecule has 3 N–H and O–H groups in total. The number of H-pyrrole nitrogens is 1. The van der Waals surface area contributed by atoms with Gasteiger partial charge >= 0.3 is 0 Å². The van der Waals surface area contributed by atoms with Gasteiger partial charge in [0.2, 0.25) is 0 Å². The number of rotatable bonds is 3. The van der Waals surface area contributed by atoms with Crippen molar-refractivity contribution in [1.29, 1.82) is 5.26 Å². The van der Waals surface area contributed by atoms with E-state index in [-0.39, 0.29) is 10.7 Å². The minimum atomic E-state index is 0.131. The summed E-state index contributed by atoms with van der Waals surface area (Å²) in [5, 5.41) is 15.6.